The van der Waals surface area contributed by atoms with Crippen molar-refractivity contribution in [2.75, 3.05) is 11.9 Å². The van der Waals surface area contributed by atoms with Gasteiger partial charge in [0.25, 0.3) is 0 Å². The van der Waals surface area contributed by atoms with E-state index in [4.69, 9.17) is 4.74 Å². The van der Waals surface area contributed by atoms with Crippen molar-refractivity contribution in [1.82, 2.24) is 0 Å². The van der Waals surface area contributed by atoms with E-state index in [1.165, 1.54) is 12.1 Å². The number of para-hydroxylation sites is 1. The van der Waals surface area contributed by atoms with E-state index in [0.29, 0.717) is 12.5 Å². The highest BCUT2D eigenvalue weighted by Gasteiger charge is 2.28. The molecule has 0 aliphatic carbocycles. The molecule has 4 heteroatoms. The van der Waals surface area contributed by atoms with Crippen molar-refractivity contribution < 1.29 is 9.13 Å². The van der Waals surface area contributed by atoms with Gasteiger partial charge in [-0.25, -0.2) is 4.39 Å². The van der Waals surface area contributed by atoms with Crippen LogP contribution in [0.1, 0.15) is 18.5 Å². The monoisotopic (exact) mass is 335 g/mol. The zero-order valence-electron chi connectivity index (χ0n) is 11.1. The molecule has 2 aromatic rings. The van der Waals surface area contributed by atoms with Crippen LogP contribution in [0.25, 0.3) is 0 Å². The van der Waals surface area contributed by atoms with Crippen LogP contribution >= 0.6 is 15.9 Å². The molecule has 0 fully saturated rings. The standard InChI is InChI=1S/C16H15BrFNO/c1-10-9-20-15-5-3-2-4-12(15)16(10)19-14-8-11(18)6-7-13(14)17/h2-8,10,16,19H,9H2,1H3. The summed E-state index contributed by atoms with van der Waals surface area (Å²) in [5.41, 5.74) is 1.88. The molecular formula is C16H15BrFNO. The summed E-state index contributed by atoms with van der Waals surface area (Å²) >= 11 is 3.46. The predicted molar refractivity (Wildman–Crippen MR) is 81.6 cm³/mol. The summed E-state index contributed by atoms with van der Waals surface area (Å²) in [6.07, 6.45) is 0. The first-order valence-corrected chi connectivity index (χ1v) is 7.38. The Hall–Kier alpha value is -1.55. The number of fused-ring (bicyclic) bond motifs is 1. The number of nitrogens with one attached hydrogen (secondary N) is 1. The average molecular weight is 336 g/mol. The predicted octanol–water partition coefficient (Wildman–Crippen LogP) is 4.77. The highest BCUT2D eigenvalue weighted by molar-refractivity contribution is 9.10. The van der Waals surface area contributed by atoms with Crippen molar-refractivity contribution >= 4 is 21.6 Å². The van der Waals surface area contributed by atoms with Gasteiger partial charge in [-0.1, -0.05) is 25.1 Å². The average Bonchev–Trinajstić information content (AvgIpc) is 2.46. The van der Waals surface area contributed by atoms with E-state index < -0.39 is 0 Å². The minimum absolute atomic E-state index is 0.109. The third-order valence-corrected chi connectivity index (χ3v) is 4.26. The number of halogens is 2. The minimum Gasteiger partial charge on any atom is -0.493 e. The highest BCUT2D eigenvalue weighted by atomic mass is 79.9. The van der Waals surface area contributed by atoms with Gasteiger partial charge in [0.2, 0.25) is 0 Å². The number of benzene rings is 2. The Kier molecular flexibility index (Phi) is 3.66. The topological polar surface area (TPSA) is 21.3 Å². The summed E-state index contributed by atoms with van der Waals surface area (Å²) in [4.78, 5) is 0. The normalized spacial score (nSPS) is 20.9. The fraction of sp³-hybridized carbons (Fsp3) is 0.250. The molecule has 1 aliphatic rings. The van der Waals surface area contributed by atoms with Gasteiger partial charge in [0.05, 0.1) is 18.3 Å². The maximum Gasteiger partial charge on any atom is 0.125 e. The van der Waals surface area contributed by atoms with Crippen molar-refractivity contribution in [3.8, 4) is 5.75 Å². The second kappa shape index (κ2) is 5.44. The van der Waals surface area contributed by atoms with Crippen LogP contribution in [0.15, 0.2) is 46.9 Å². The maximum absolute atomic E-state index is 13.4. The van der Waals surface area contributed by atoms with Crippen LogP contribution in [-0.2, 0) is 0 Å². The van der Waals surface area contributed by atoms with Crippen LogP contribution in [-0.4, -0.2) is 6.61 Å². The molecule has 0 saturated heterocycles. The van der Waals surface area contributed by atoms with Gasteiger partial charge in [-0.2, -0.15) is 0 Å². The van der Waals surface area contributed by atoms with E-state index in [9.17, 15) is 4.39 Å². The number of ether oxygens (including phenoxy) is 1. The van der Waals surface area contributed by atoms with Crippen molar-refractivity contribution in [2.24, 2.45) is 5.92 Å². The van der Waals surface area contributed by atoms with E-state index >= 15 is 0 Å². The molecule has 0 saturated carbocycles. The van der Waals surface area contributed by atoms with Crippen molar-refractivity contribution in [3.05, 3.63) is 58.3 Å². The SMILES string of the molecule is CC1COc2ccccc2C1Nc1cc(F)ccc1Br. The summed E-state index contributed by atoms with van der Waals surface area (Å²) in [6.45, 7) is 2.78. The summed E-state index contributed by atoms with van der Waals surface area (Å²) in [5.74, 6) is 0.958. The van der Waals surface area contributed by atoms with E-state index in [1.807, 2.05) is 18.2 Å². The molecule has 2 unspecified atom stereocenters. The number of hydrogen-bond acceptors (Lipinski definition) is 2. The lowest BCUT2D eigenvalue weighted by Crippen LogP contribution is -2.28. The van der Waals surface area contributed by atoms with Gasteiger partial charge in [-0.15, -0.1) is 0 Å². The van der Waals surface area contributed by atoms with Gasteiger partial charge in [0, 0.05) is 16.0 Å². The second-order valence-electron chi connectivity index (χ2n) is 5.07. The van der Waals surface area contributed by atoms with Crippen LogP contribution in [0.5, 0.6) is 5.75 Å². The van der Waals surface area contributed by atoms with E-state index in [0.717, 1.165) is 21.5 Å². The van der Waals surface area contributed by atoms with Gasteiger partial charge < -0.3 is 10.1 Å². The van der Waals surface area contributed by atoms with Crippen molar-refractivity contribution in [2.45, 2.75) is 13.0 Å². The Bertz CT molecular complexity index is 632. The molecule has 1 heterocycles. The van der Waals surface area contributed by atoms with Gasteiger partial charge in [-0.3, -0.25) is 0 Å². The molecule has 2 atom stereocenters. The highest BCUT2D eigenvalue weighted by Crippen LogP contribution is 2.38. The van der Waals surface area contributed by atoms with Crippen molar-refractivity contribution in [3.63, 3.8) is 0 Å². The lowest BCUT2D eigenvalue weighted by molar-refractivity contribution is 0.214. The van der Waals surface area contributed by atoms with Crippen molar-refractivity contribution in [1.29, 1.82) is 0 Å². The molecule has 1 aliphatic heterocycles. The number of anilines is 1. The minimum atomic E-state index is -0.247. The number of rotatable bonds is 2. The van der Waals surface area contributed by atoms with E-state index in [1.54, 1.807) is 6.07 Å². The molecule has 0 aromatic heterocycles. The third kappa shape index (κ3) is 2.52. The summed E-state index contributed by atoms with van der Waals surface area (Å²) in [6, 6.07) is 12.8. The molecule has 3 rings (SSSR count). The molecule has 0 amide bonds. The van der Waals surface area contributed by atoms with Gasteiger partial charge in [0.1, 0.15) is 11.6 Å². The molecule has 2 aromatic carbocycles. The fourth-order valence-electron chi connectivity index (χ4n) is 2.49. The Morgan fingerprint density at radius 1 is 1.25 bits per heavy atom. The quantitative estimate of drug-likeness (QED) is 0.853. The summed E-state index contributed by atoms with van der Waals surface area (Å²) in [7, 11) is 0. The van der Waals surface area contributed by atoms with Crippen LogP contribution in [0.4, 0.5) is 10.1 Å². The van der Waals surface area contributed by atoms with Gasteiger partial charge >= 0.3 is 0 Å². The smallest absolute Gasteiger partial charge is 0.125 e. The van der Waals surface area contributed by atoms with Crippen LogP contribution in [0.3, 0.4) is 0 Å². The zero-order chi connectivity index (χ0) is 14.1. The Morgan fingerprint density at radius 2 is 2.05 bits per heavy atom. The fourth-order valence-corrected chi connectivity index (χ4v) is 2.85. The molecule has 0 spiro atoms. The van der Waals surface area contributed by atoms with Gasteiger partial charge in [0.15, 0.2) is 0 Å². The molecule has 20 heavy (non-hydrogen) atoms. The van der Waals surface area contributed by atoms with E-state index in [-0.39, 0.29) is 11.9 Å². The first-order chi connectivity index (χ1) is 9.65. The first kappa shape index (κ1) is 13.4. The number of hydrogen-bond donors (Lipinski definition) is 1. The van der Waals surface area contributed by atoms with Crippen LogP contribution in [0, 0.1) is 11.7 Å². The molecule has 104 valence electrons. The zero-order valence-corrected chi connectivity index (χ0v) is 12.7. The Morgan fingerprint density at radius 3 is 2.90 bits per heavy atom. The Labute approximate surface area is 126 Å². The molecule has 0 radical (unpaired) electrons. The molecule has 1 N–H and O–H groups in total. The molecule has 0 bridgehead atoms. The third-order valence-electron chi connectivity index (χ3n) is 3.56. The summed E-state index contributed by atoms with van der Waals surface area (Å²) in [5, 5.41) is 3.43. The lowest BCUT2D eigenvalue weighted by atomic mass is 9.92. The Balaban J connectivity index is 1.95. The van der Waals surface area contributed by atoms with E-state index in [2.05, 4.69) is 34.2 Å². The lowest BCUT2D eigenvalue weighted by Gasteiger charge is -2.33. The van der Waals surface area contributed by atoms with Crippen LogP contribution in [0.2, 0.25) is 0 Å². The van der Waals surface area contributed by atoms with Gasteiger partial charge in [-0.05, 0) is 40.2 Å². The maximum atomic E-state index is 13.4. The molecular weight excluding hydrogens is 321 g/mol. The first-order valence-electron chi connectivity index (χ1n) is 6.58. The van der Waals surface area contributed by atoms with Crippen LogP contribution < -0.4 is 10.1 Å². The summed E-state index contributed by atoms with van der Waals surface area (Å²) < 4.78 is 20.0. The molecule has 2 nitrogen and oxygen atoms in total. The second-order valence-corrected chi connectivity index (χ2v) is 5.93. The largest absolute Gasteiger partial charge is 0.493 e.